The molecule has 0 aromatic heterocycles. The zero-order valence-corrected chi connectivity index (χ0v) is 25.9. The molecule has 43 heavy (non-hydrogen) atoms. The fraction of sp³-hybridized carbons (Fsp3) is 0.657. The van der Waals surface area contributed by atoms with E-state index in [1.165, 1.54) is 0 Å². The molecule has 0 spiro atoms. The first kappa shape index (κ1) is 33.7. The van der Waals surface area contributed by atoms with Crippen LogP contribution in [0, 0.1) is 0 Å². The van der Waals surface area contributed by atoms with Crippen molar-refractivity contribution in [3.63, 3.8) is 0 Å². The van der Waals surface area contributed by atoms with Crippen LogP contribution in [0.15, 0.2) is 48.5 Å². The molecule has 2 aliphatic rings. The zero-order chi connectivity index (χ0) is 30.6. The lowest BCUT2D eigenvalue weighted by atomic mass is 9.95. The van der Waals surface area contributed by atoms with E-state index in [1.807, 2.05) is 31.2 Å². The van der Waals surface area contributed by atoms with Crippen molar-refractivity contribution in [2.45, 2.75) is 147 Å². The molecule has 8 unspecified atom stereocenters. The predicted molar refractivity (Wildman–Crippen MR) is 165 cm³/mol. The number of aliphatic hydroxyl groups is 2. The van der Waals surface area contributed by atoms with Crippen LogP contribution in [0.2, 0.25) is 0 Å². The van der Waals surface area contributed by atoms with E-state index in [0.717, 1.165) is 76.2 Å². The average molecular weight is 601 g/mol. The van der Waals surface area contributed by atoms with Crippen LogP contribution in [0.1, 0.15) is 121 Å². The fourth-order valence-electron chi connectivity index (χ4n) is 6.12. The van der Waals surface area contributed by atoms with Crippen molar-refractivity contribution in [2.75, 3.05) is 0 Å². The number of aliphatic hydroxyl groups excluding tert-OH is 2. The van der Waals surface area contributed by atoms with Crippen LogP contribution in [-0.4, -0.2) is 57.0 Å². The maximum atomic E-state index is 11.0. The summed E-state index contributed by atoms with van der Waals surface area (Å²) in [6.07, 6.45) is 8.54. The van der Waals surface area contributed by atoms with Gasteiger partial charge in [-0.25, -0.2) is 0 Å². The Labute approximate surface area is 257 Å². The summed E-state index contributed by atoms with van der Waals surface area (Å²) in [6, 6.07) is 14.1. The smallest absolute Gasteiger partial charge is 0.188 e. The molecule has 2 aromatic rings. The average Bonchev–Trinajstić information content (AvgIpc) is 3.00. The van der Waals surface area contributed by atoms with Crippen molar-refractivity contribution < 1.29 is 39.4 Å². The van der Waals surface area contributed by atoms with Gasteiger partial charge in [-0.15, -0.1) is 0 Å². The van der Waals surface area contributed by atoms with Crippen molar-refractivity contribution >= 4 is 0 Å². The van der Waals surface area contributed by atoms with Crippen LogP contribution in [0.4, 0.5) is 0 Å². The van der Waals surface area contributed by atoms with Gasteiger partial charge in [0.1, 0.15) is 11.5 Å². The Morgan fingerprint density at radius 2 is 1.23 bits per heavy atom. The van der Waals surface area contributed by atoms with E-state index in [9.17, 15) is 20.4 Å². The van der Waals surface area contributed by atoms with Crippen LogP contribution in [-0.2, 0) is 18.9 Å². The van der Waals surface area contributed by atoms with Gasteiger partial charge in [0.15, 0.2) is 12.6 Å². The van der Waals surface area contributed by atoms with E-state index in [-0.39, 0.29) is 42.0 Å². The first-order valence-electron chi connectivity index (χ1n) is 16.4. The molecule has 2 heterocycles. The summed E-state index contributed by atoms with van der Waals surface area (Å²) >= 11 is 0. The van der Waals surface area contributed by atoms with E-state index in [0.29, 0.717) is 18.4 Å². The number of hydrogen-bond acceptors (Lipinski definition) is 8. The first-order valence-corrected chi connectivity index (χ1v) is 16.4. The monoisotopic (exact) mass is 600 g/mol. The lowest BCUT2D eigenvalue weighted by Gasteiger charge is -2.37. The molecule has 0 amide bonds. The summed E-state index contributed by atoms with van der Waals surface area (Å²) < 4.78 is 25.1. The second kappa shape index (κ2) is 17.3. The molecule has 2 aliphatic heterocycles. The summed E-state index contributed by atoms with van der Waals surface area (Å²) in [5.74, 6) is 0.358. The predicted octanol–water partition coefficient (Wildman–Crippen LogP) is 7.20. The summed E-state index contributed by atoms with van der Waals surface area (Å²) in [7, 11) is 0. The summed E-state index contributed by atoms with van der Waals surface area (Å²) in [5.41, 5.74) is 1.50. The van der Waals surface area contributed by atoms with Gasteiger partial charge in [-0.3, -0.25) is 0 Å². The molecule has 0 bridgehead atoms. The lowest BCUT2D eigenvalue weighted by molar-refractivity contribution is -0.254. The molecule has 2 saturated heterocycles. The van der Waals surface area contributed by atoms with Crippen molar-refractivity contribution in [1.82, 2.24) is 0 Å². The molecule has 2 aromatic carbocycles. The van der Waals surface area contributed by atoms with Crippen molar-refractivity contribution in [3.8, 4) is 11.5 Å². The number of rotatable bonds is 16. The van der Waals surface area contributed by atoms with Crippen LogP contribution >= 0.6 is 0 Å². The summed E-state index contributed by atoms with van der Waals surface area (Å²) in [5, 5.41) is 41.1. The third-order valence-corrected chi connectivity index (χ3v) is 8.68. The zero-order valence-electron chi connectivity index (χ0n) is 25.9. The normalized spacial score (nSPS) is 27.5. The van der Waals surface area contributed by atoms with Gasteiger partial charge in [0.25, 0.3) is 0 Å². The minimum atomic E-state index is -0.642. The van der Waals surface area contributed by atoms with Gasteiger partial charge in [-0.05, 0) is 76.0 Å². The summed E-state index contributed by atoms with van der Waals surface area (Å²) in [4.78, 5) is 0. The Bertz CT molecular complexity index is 1060. The van der Waals surface area contributed by atoms with Gasteiger partial charge in [-0.2, -0.15) is 0 Å². The number of hydrogen-bond donors (Lipinski definition) is 4. The van der Waals surface area contributed by atoms with Crippen LogP contribution in [0.25, 0.3) is 0 Å². The maximum Gasteiger partial charge on any atom is 0.188 e. The number of aromatic hydroxyl groups is 2. The third-order valence-electron chi connectivity index (χ3n) is 8.68. The van der Waals surface area contributed by atoms with Crippen LogP contribution < -0.4 is 0 Å². The highest BCUT2D eigenvalue weighted by Gasteiger charge is 2.34. The maximum absolute atomic E-state index is 11.0. The SMILES string of the molecule is CCCCC1CC(CC(O)CCCC2CC(CCCC(O)CC)OC(c3ccc(O)cc3)O2)OC(c2ccccc2O)O1. The van der Waals surface area contributed by atoms with Gasteiger partial charge in [0.2, 0.25) is 0 Å². The quantitative estimate of drug-likeness (QED) is 0.160. The van der Waals surface area contributed by atoms with Crippen LogP contribution in [0.3, 0.4) is 0 Å². The van der Waals surface area contributed by atoms with Gasteiger partial charge in [-0.1, -0.05) is 57.0 Å². The molecule has 0 aliphatic carbocycles. The van der Waals surface area contributed by atoms with Gasteiger partial charge >= 0.3 is 0 Å². The second-order valence-corrected chi connectivity index (χ2v) is 12.3. The Morgan fingerprint density at radius 3 is 1.86 bits per heavy atom. The van der Waals surface area contributed by atoms with E-state index in [1.54, 1.807) is 24.3 Å². The van der Waals surface area contributed by atoms with E-state index in [4.69, 9.17) is 18.9 Å². The first-order chi connectivity index (χ1) is 20.8. The number of phenols is 2. The molecule has 8 nitrogen and oxygen atoms in total. The van der Waals surface area contributed by atoms with Crippen LogP contribution in [0.5, 0.6) is 11.5 Å². The standard InChI is InChI=1S/C35H52O8/c1-3-5-12-28-23-31(43-35(42-28)32-15-6-7-16-33(32)39)21-27(38)11-9-14-30-22-29(13-8-10-25(36)4-2)40-34(41-30)24-17-19-26(37)20-18-24/h6-7,15-20,25,27-31,34-39H,3-5,8-14,21-23H2,1-2H3. The fourth-order valence-corrected chi connectivity index (χ4v) is 6.12. The number of unbranched alkanes of at least 4 members (excludes halogenated alkanes) is 1. The largest absolute Gasteiger partial charge is 0.508 e. The molecule has 0 radical (unpaired) electrons. The molecule has 2 fully saturated rings. The lowest BCUT2D eigenvalue weighted by Crippen LogP contribution is -2.36. The Morgan fingerprint density at radius 1 is 0.674 bits per heavy atom. The number of benzene rings is 2. The Balaban J connectivity index is 1.30. The Hall–Kier alpha value is -2.20. The Kier molecular flexibility index (Phi) is 13.6. The highest BCUT2D eigenvalue weighted by molar-refractivity contribution is 5.33. The van der Waals surface area contributed by atoms with E-state index in [2.05, 4.69) is 6.92 Å². The van der Waals surface area contributed by atoms with E-state index < -0.39 is 18.7 Å². The summed E-state index contributed by atoms with van der Waals surface area (Å²) in [6.45, 7) is 4.15. The van der Waals surface area contributed by atoms with E-state index >= 15 is 0 Å². The highest BCUT2D eigenvalue weighted by Crippen LogP contribution is 2.38. The minimum Gasteiger partial charge on any atom is -0.508 e. The minimum absolute atomic E-state index is 0.0101. The van der Waals surface area contributed by atoms with Gasteiger partial charge < -0.3 is 39.4 Å². The molecular weight excluding hydrogens is 548 g/mol. The van der Waals surface area contributed by atoms with Crippen molar-refractivity contribution in [3.05, 3.63) is 59.7 Å². The molecule has 0 saturated carbocycles. The number of phenolic OH excluding ortho intramolecular Hbond substituents is 2. The number of ether oxygens (including phenoxy) is 4. The molecule has 8 heteroatoms. The molecule has 240 valence electrons. The molecule has 4 N–H and O–H groups in total. The van der Waals surface area contributed by atoms with Crippen molar-refractivity contribution in [1.29, 1.82) is 0 Å². The van der Waals surface area contributed by atoms with Crippen molar-refractivity contribution in [2.24, 2.45) is 0 Å². The number of para-hydroxylation sites is 1. The van der Waals surface area contributed by atoms with Gasteiger partial charge in [0.05, 0.1) is 36.6 Å². The molecular formula is C35H52O8. The second-order valence-electron chi connectivity index (χ2n) is 12.3. The molecule has 8 atom stereocenters. The third kappa shape index (κ3) is 10.7. The van der Waals surface area contributed by atoms with Gasteiger partial charge in [0, 0.05) is 24.0 Å². The topological polar surface area (TPSA) is 118 Å². The molecule has 4 rings (SSSR count). The highest BCUT2D eigenvalue weighted by atomic mass is 16.7.